The molecule has 0 atom stereocenters. The zero-order valence-corrected chi connectivity index (χ0v) is 14.6. The van der Waals surface area contributed by atoms with Gasteiger partial charge in [0.1, 0.15) is 0 Å². The van der Waals surface area contributed by atoms with E-state index in [9.17, 15) is 4.79 Å². The van der Waals surface area contributed by atoms with Crippen LogP contribution in [0.3, 0.4) is 0 Å². The molecule has 22 heavy (non-hydrogen) atoms. The van der Waals surface area contributed by atoms with Crippen molar-refractivity contribution in [2.45, 2.75) is 38.5 Å². The molecule has 2 rings (SSSR count). The van der Waals surface area contributed by atoms with Crippen molar-refractivity contribution >= 4 is 17.5 Å². The van der Waals surface area contributed by atoms with Gasteiger partial charge >= 0.3 is 0 Å². The summed E-state index contributed by atoms with van der Waals surface area (Å²) in [5.41, 5.74) is 0.529. The lowest BCUT2D eigenvalue weighted by Crippen LogP contribution is -2.47. The summed E-state index contributed by atoms with van der Waals surface area (Å²) in [7, 11) is 1.99. The standard InChI is InChI=1S/C18H27ClN2O/c1-18(2,15-4-6-16(19)7-5-15)17(22)21-12-9-14(10-13-21)8-11-20-3/h4-7,14,20H,8-13H2,1-3H3. The van der Waals surface area contributed by atoms with Gasteiger partial charge in [-0.15, -0.1) is 0 Å². The van der Waals surface area contributed by atoms with Crippen molar-refractivity contribution in [2.24, 2.45) is 5.92 Å². The monoisotopic (exact) mass is 322 g/mol. The van der Waals surface area contributed by atoms with Gasteiger partial charge in [-0.1, -0.05) is 23.7 Å². The van der Waals surface area contributed by atoms with Crippen molar-refractivity contribution < 1.29 is 4.79 Å². The maximum atomic E-state index is 12.9. The molecule has 0 spiro atoms. The number of piperidine rings is 1. The van der Waals surface area contributed by atoms with Crippen LogP contribution in [-0.4, -0.2) is 37.5 Å². The van der Waals surface area contributed by atoms with Crippen LogP contribution < -0.4 is 5.32 Å². The molecule has 0 aromatic heterocycles. The first kappa shape index (κ1) is 17.3. The Balaban J connectivity index is 1.98. The van der Waals surface area contributed by atoms with Crippen LogP contribution in [0.25, 0.3) is 0 Å². The molecule has 1 aromatic rings. The lowest BCUT2D eigenvalue weighted by atomic mass is 9.82. The summed E-state index contributed by atoms with van der Waals surface area (Å²) < 4.78 is 0. The van der Waals surface area contributed by atoms with Crippen LogP contribution in [0.4, 0.5) is 0 Å². The van der Waals surface area contributed by atoms with Crippen molar-refractivity contribution in [1.82, 2.24) is 10.2 Å². The number of rotatable bonds is 5. The maximum absolute atomic E-state index is 12.9. The second-order valence-electron chi connectivity index (χ2n) is 6.76. The first-order valence-electron chi connectivity index (χ1n) is 8.15. The van der Waals surface area contributed by atoms with Crippen molar-refractivity contribution in [2.75, 3.05) is 26.7 Å². The zero-order valence-electron chi connectivity index (χ0n) is 13.9. The molecule has 0 saturated carbocycles. The summed E-state index contributed by atoms with van der Waals surface area (Å²) >= 11 is 5.95. The van der Waals surface area contributed by atoms with Gasteiger partial charge in [-0.3, -0.25) is 4.79 Å². The Morgan fingerprint density at radius 3 is 2.41 bits per heavy atom. The molecule has 1 aliphatic heterocycles. The SMILES string of the molecule is CNCCC1CCN(C(=O)C(C)(C)c2ccc(Cl)cc2)CC1. The van der Waals surface area contributed by atoms with Crippen molar-refractivity contribution in [1.29, 1.82) is 0 Å². The zero-order chi connectivity index (χ0) is 16.2. The summed E-state index contributed by atoms with van der Waals surface area (Å²) in [6.07, 6.45) is 3.44. The normalized spacial score (nSPS) is 16.8. The third-order valence-corrected chi connectivity index (χ3v) is 5.06. The lowest BCUT2D eigenvalue weighted by Gasteiger charge is -2.37. The molecule has 1 N–H and O–H groups in total. The van der Waals surface area contributed by atoms with E-state index in [1.165, 1.54) is 6.42 Å². The van der Waals surface area contributed by atoms with Crippen molar-refractivity contribution in [3.8, 4) is 0 Å². The fourth-order valence-electron chi connectivity index (χ4n) is 3.16. The number of carbonyl (C=O) groups is 1. The molecule has 1 amide bonds. The molecule has 1 aromatic carbocycles. The highest BCUT2D eigenvalue weighted by Gasteiger charge is 2.35. The van der Waals surface area contributed by atoms with E-state index in [2.05, 4.69) is 5.32 Å². The number of nitrogens with one attached hydrogen (secondary N) is 1. The highest BCUT2D eigenvalue weighted by Crippen LogP contribution is 2.29. The largest absolute Gasteiger partial charge is 0.342 e. The Morgan fingerprint density at radius 1 is 1.27 bits per heavy atom. The molecule has 1 aliphatic rings. The molecular formula is C18H27ClN2O. The molecule has 0 radical (unpaired) electrons. The Kier molecular flexibility index (Phi) is 5.87. The summed E-state index contributed by atoms with van der Waals surface area (Å²) in [5, 5.41) is 3.91. The number of likely N-dealkylation sites (tertiary alicyclic amines) is 1. The van der Waals surface area contributed by atoms with Gasteiger partial charge < -0.3 is 10.2 Å². The summed E-state index contributed by atoms with van der Waals surface area (Å²) in [5.74, 6) is 0.969. The molecule has 1 fully saturated rings. The van der Waals surface area contributed by atoms with Crippen LogP contribution in [-0.2, 0) is 10.2 Å². The molecule has 0 unspecified atom stereocenters. The Labute approximate surface area is 139 Å². The fourth-order valence-corrected chi connectivity index (χ4v) is 3.28. The number of nitrogens with zero attached hydrogens (tertiary/aromatic N) is 1. The summed E-state index contributed by atoms with van der Waals surface area (Å²) in [6, 6.07) is 7.63. The first-order valence-corrected chi connectivity index (χ1v) is 8.53. The Morgan fingerprint density at radius 2 is 1.86 bits per heavy atom. The predicted octanol–water partition coefficient (Wildman–Crippen LogP) is 3.47. The van der Waals surface area contributed by atoms with Crippen LogP contribution in [0, 0.1) is 5.92 Å². The van der Waals surface area contributed by atoms with Crippen LogP contribution in [0.15, 0.2) is 24.3 Å². The summed E-state index contributed by atoms with van der Waals surface area (Å²) in [4.78, 5) is 14.9. The average molecular weight is 323 g/mol. The van der Waals surface area contributed by atoms with Gasteiger partial charge in [0.2, 0.25) is 5.91 Å². The van der Waals surface area contributed by atoms with Crippen LogP contribution in [0.2, 0.25) is 5.02 Å². The van der Waals surface area contributed by atoms with Gasteiger partial charge in [-0.2, -0.15) is 0 Å². The number of hydrogen-bond acceptors (Lipinski definition) is 2. The molecule has 4 heteroatoms. The van der Waals surface area contributed by atoms with E-state index in [-0.39, 0.29) is 5.91 Å². The van der Waals surface area contributed by atoms with Crippen LogP contribution in [0.1, 0.15) is 38.7 Å². The lowest BCUT2D eigenvalue weighted by molar-refractivity contribution is -0.137. The molecule has 0 aliphatic carbocycles. The van der Waals surface area contributed by atoms with E-state index in [1.54, 1.807) is 0 Å². The Bertz CT molecular complexity index is 490. The van der Waals surface area contributed by atoms with E-state index < -0.39 is 5.41 Å². The highest BCUT2D eigenvalue weighted by molar-refractivity contribution is 6.30. The fraction of sp³-hybridized carbons (Fsp3) is 0.611. The second kappa shape index (κ2) is 7.47. The van der Waals surface area contributed by atoms with Gasteiger partial charge in [-0.25, -0.2) is 0 Å². The van der Waals surface area contributed by atoms with E-state index in [1.807, 2.05) is 50.1 Å². The van der Waals surface area contributed by atoms with E-state index in [4.69, 9.17) is 11.6 Å². The van der Waals surface area contributed by atoms with Crippen molar-refractivity contribution in [3.63, 3.8) is 0 Å². The molecule has 122 valence electrons. The van der Waals surface area contributed by atoms with Gasteiger partial charge in [-0.05, 0) is 70.3 Å². The maximum Gasteiger partial charge on any atom is 0.232 e. The van der Waals surface area contributed by atoms with Gasteiger partial charge in [0.05, 0.1) is 5.41 Å². The topological polar surface area (TPSA) is 32.3 Å². The van der Waals surface area contributed by atoms with Gasteiger partial charge in [0.15, 0.2) is 0 Å². The van der Waals surface area contributed by atoms with Gasteiger partial charge in [0.25, 0.3) is 0 Å². The number of hydrogen-bond donors (Lipinski definition) is 1. The number of benzene rings is 1. The average Bonchev–Trinajstić information content (AvgIpc) is 2.53. The molecule has 1 saturated heterocycles. The highest BCUT2D eigenvalue weighted by atomic mass is 35.5. The molecule has 1 heterocycles. The number of carbonyl (C=O) groups excluding carboxylic acids is 1. The summed E-state index contributed by atoms with van der Waals surface area (Å²) in [6.45, 7) is 6.83. The van der Waals surface area contributed by atoms with Crippen molar-refractivity contribution in [3.05, 3.63) is 34.9 Å². The first-order chi connectivity index (χ1) is 10.4. The second-order valence-corrected chi connectivity index (χ2v) is 7.20. The molecule has 3 nitrogen and oxygen atoms in total. The van der Waals surface area contributed by atoms with Crippen LogP contribution >= 0.6 is 11.6 Å². The number of amides is 1. The van der Waals surface area contributed by atoms with Gasteiger partial charge in [0, 0.05) is 18.1 Å². The quantitative estimate of drug-likeness (QED) is 0.900. The van der Waals surface area contributed by atoms with E-state index in [0.29, 0.717) is 5.02 Å². The third-order valence-electron chi connectivity index (χ3n) is 4.80. The predicted molar refractivity (Wildman–Crippen MR) is 92.3 cm³/mol. The minimum atomic E-state index is -0.498. The minimum Gasteiger partial charge on any atom is -0.342 e. The smallest absolute Gasteiger partial charge is 0.232 e. The van der Waals surface area contributed by atoms with Crippen LogP contribution in [0.5, 0.6) is 0 Å². The Hall–Kier alpha value is -1.06. The molecule has 0 bridgehead atoms. The number of halogens is 1. The molecular weight excluding hydrogens is 296 g/mol. The minimum absolute atomic E-state index is 0.224. The third kappa shape index (κ3) is 4.02. The van der Waals surface area contributed by atoms with E-state index >= 15 is 0 Å². The van der Waals surface area contributed by atoms with E-state index in [0.717, 1.165) is 44.0 Å².